The molecule has 0 saturated carbocycles. The number of ether oxygens (including phenoxy) is 1. The van der Waals surface area contributed by atoms with Gasteiger partial charge in [-0.2, -0.15) is 11.3 Å². The van der Waals surface area contributed by atoms with Crippen molar-refractivity contribution < 1.29 is 4.74 Å². The molecule has 0 spiro atoms. The predicted octanol–water partition coefficient (Wildman–Crippen LogP) is 2.62. The Morgan fingerprint density at radius 1 is 1.35 bits per heavy atom. The summed E-state index contributed by atoms with van der Waals surface area (Å²) in [7, 11) is 0. The van der Waals surface area contributed by atoms with Crippen LogP contribution in [0.3, 0.4) is 0 Å². The summed E-state index contributed by atoms with van der Waals surface area (Å²) >= 11 is 1.72. The Morgan fingerprint density at radius 3 is 3.00 bits per heavy atom. The van der Waals surface area contributed by atoms with Crippen molar-refractivity contribution in [3.05, 3.63) is 52.2 Å². The van der Waals surface area contributed by atoms with Gasteiger partial charge in [0.05, 0.1) is 0 Å². The largest absolute Gasteiger partial charge is 0.488 e. The third-order valence-electron chi connectivity index (χ3n) is 3.20. The van der Waals surface area contributed by atoms with Gasteiger partial charge in [-0.1, -0.05) is 18.2 Å². The number of para-hydroxylation sites is 1. The summed E-state index contributed by atoms with van der Waals surface area (Å²) in [5.74, 6) is 0.998. The van der Waals surface area contributed by atoms with Crippen molar-refractivity contribution in [1.82, 2.24) is 0 Å². The van der Waals surface area contributed by atoms with Crippen LogP contribution in [0.25, 0.3) is 0 Å². The van der Waals surface area contributed by atoms with Crippen molar-refractivity contribution in [2.24, 2.45) is 5.73 Å². The summed E-state index contributed by atoms with van der Waals surface area (Å²) in [6.45, 7) is 0. The highest BCUT2D eigenvalue weighted by atomic mass is 32.1. The minimum absolute atomic E-state index is 0.0667. The number of thiophene rings is 1. The topological polar surface area (TPSA) is 35.2 Å². The number of rotatable bonds is 3. The molecule has 1 aliphatic rings. The molecule has 3 heteroatoms. The lowest BCUT2D eigenvalue weighted by Crippen LogP contribution is -2.39. The molecule has 0 saturated heterocycles. The summed E-state index contributed by atoms with van der Waals surface area (Å²) in [5, 5.41) is 4.24. The molecule has 0 radical (unpaired) electrons. The van der Waals surface area contributed by atoms with Crippen LogP contribution in [0, 0.1) is 0 Å². The maximum absolute atomic E-state index is 6.23. The monoisotopic (exact) mass is 245 g/mol. The Balaban J connectivity index is 1.68. The molecule has 0 aliphatic carbocycles. The molecule has 2 aromatic rings. The lowest BCUT2D eigenvalue weighted by Gasteiger charge is -2.18. The summed E-state index contributed by atoms with van der Waals surface area (Å²) < 4.78 is 5.90. The van der Waals surface area contributed by atoms with E-state index < -0.39 is 0 Å². The highest BCUT2D eigenvalue weighted by Crippen LogP contribution is 2.29. The minimum atomic E-state index is 0.0667. The third kappa shape index (κ3) is 2.21. The summed E-state index contributed by atoms with van der Waals surface area (Å²) in [5.41, 5.74) is 8.81. The zero-order valence-corrected chi connectivity index (χ0v) is 10.3. The highest BCUT2D eigenvalue weighted by Gasteiger charge is 2.27. The van der Waals surface area contributed by atoms with Crippen LogP contribution in [-0.4, -0.2) is 12.1 Å². The Labute approximate surface area is 105 Å². The van der Waals surface area contributed by atoms with E-state index in [4.69, 9.17) is 10.5 Å². The van der Waals surface area contributed by atoms with Crippen LogP contribution in [0.4, 0.5) is 0 Å². The zero-order valence-electron chi connectivity index (χ0n) is 9.50. The number of hydrogen-bond acceptors (Lipinski definition) is 3. The van der Waals surface area contributed by atoms with E-state index in [-0.39, 0.29) is 12.1 Å². The van der Waals surface area contributed by atoms with Crippen LogP contribution in [0.15, 0.2) is 41.1 Å². The summed E-state index contributed by atoms with van der Waals surface area (Å²) in [4.78, 5) is 0. The van der Waals surface area contributed by atoms with E-state index in [1.165, 1.54) is 11.1 Å². The quantitative estimate of drug-likeness (QED) is 0.902. The van der Waals surface area contributed by atoms with Crippen LogP contribution in [0.2, 0.25) is 0 Å². The molecule has 2 nitrogen and oxygen atoms in total. The standard InChI is InChI=1S/C14H15NOS/c15-12(7-10-5-6-17-9-10)14-8-11-3-1-2-4-13(11)16-14/h1-6,9,12,14H,7-8,15H2. The van der Waals surface area contributed by atoms with Gasteiger partial charge in [0.25, 0.3) is 0 Å². The molecule has 2 atom stereocenters. The Bertz CT molecular complexity index is 470. The van der Waals surface area contributed by atoms with Gasteiger partial charge >= 0.3 is 0 Å². The second-order valence-electron chi connectivity index (χ2n) is 4.47. The van der Waals surface area contributed by atoms with Gasteiger partial charge in [-0.3, -0.25) is 0 Å². The fourth-order valence-electron chi connectivity index (χ4n) is 2.26. The molecule has 88 valence electrons. The van der Waals surface area contributed by atoms with E-state index in [1.54, 1.807) is 11.3 Å². The van der Waals surface area contributed by atoms with Gasteiger partial charge in [-0.25, -0.2) is 0 Å². The van der Waals surface area contributed by atoms with Crippen molar-refractivity contribution in [3.8, 4) is 5.75 Å². The van der Waals surface area contributed by atoms with Crippen molar-refractivity contribution in [2.75, 3.05) is 0 Å². The van der Waals surface area contributed by atoms with Crippen molar-refractivity contribution in [2.45, 2.75) is 25.0 Å². The van der Waals surface area contributed by atoms with E-state index in [9.17, 15) is 0 Å². The third-order valence-corrected chi connectivity index (χ3v) is 3.93. The molecule has 17 heavy (non-hydrogen) atoms. The lowest BCUT2D eigenvalue weighted by atomic mass is 10.0. The second-order valence-corrected chi connectivity index (χ2v) is 5.25. The highest BCUT2D eigenvalue weighted by molar-refractivity contribution is 7.07. The molecule has 1 aromatic heterocycles. The van der Waals surface area contributed by atoms with Crippen molar-refractivity contribution in [1.29, 1.82) is 0 Å². The van der Waals surface area contributed by atoms with Crippen molar-refractivity contribution in [3.63, 3.8) is 0 Å². The van der Waals surface area contributed by atoms with E-state index in [2.05, 4.69) is 29.0 Å². The molecule has 0 bridgehead atoms. The van der Waals surface area contributed by atoms with Gasteiger partial charge in [0.2, 0.25) is 0 Å². The summed E-state index contributed by atoms with van der Waals surface area (Å²) in [6, 6.07) is 10.4. The predicted molar refractivity (Wildman–Crippen MR) is 70.6 cm³/mol. The number of nitrogens with two attached hydrogens (primary N) is 1. The Kier molecular flexibility index (Phi) is 2.87. The number of benzene rings is 1. The minimum Gasteiger partial charge on any atom is -0.488 e. The lowest BCUT2D eigenvalue weighted by molar-refractivity contribution is 0.198. The Morgan fingerprint density at radius 2 is 2.24 bits per heavy atom. The zero-order chi connectivity index (χ0) is 11.7. The maximum Gasteiger partial charge on any atom is 0.123 e. The van der Waals surface area contributed by atoms with Crippen LogP contribution in [-0.2, 0) is 12.8 Å². The van der Waals surface area contributed by atoms with Gasteiger partial charge in [0.1, 0.15) is 11.9 Å². The van der Waals surface area contributed by atoms with Gasteiger partial charge in [-0.15, -0.1) is 0 Å². The van der Waals surface area contributed by atoms with Gasteiger partial charge in [-0.05, 0) is 40.4 Å². The number of hydrogen-bond donors (Lipinski definition) is 1. The normalized spacial score (nSPS) is 19.7. The molecular formula is C14H15NOS. The van der Waals surface area contributed by atoms with Crippen LogP contribution in [0.1, 0.15) is 11.1 Å². The first-order valence-electron chi connectivity index (χ1n) is 5.84. The van der Waals surface area contributed by atoms with Crippen molar-refractivity contribution >= 4 is 11.3 Å². The van der Waals surface area contributed by atoms with Gasteiger partial charge in [0, 0.05) is 12.5 Å². The molecule has 1 aromatic carbocycles. The second kappa shape index (κ2) is 4.51. The van der Waals surface area contributed by atoms with E-state index in [1.807, 2.05) is 12.1 Å². The fraction of sp³-hybridized carbons (Fsp3) is 0.286. The van der Waals surface area contributed by atoms with E-state index >= 15 is 0 Å². The molecule has 0 amide bonds. The average Bonchev–Trinajstić information content (AvgIpc) is 2.96. The average molecular weight is 245 g/mol. The first-order chi connectivity index (χ1) is 8.33. The Hall–Kier alpha value is -1.32. The van der Waals surface area contributed by atoms with Crippen LogP contribution < -0.4 is 10.5 Å². The van der Waals surface area contributed by atoms with Gasteiger partial charge < -0.3 is 10.5 Å². The van der Waals surface area contributed by atoms with E-state index in [0.29, 0.717) is 0 Å². The van der Waals surface area contributed by atoms with Crippen LogP contribution in [0.5, 0.6) is 5.75 Å². The molecule has 2 N–H and O–H groups in total. The number of fused-ring (bicyclic) bond motifs is 1. The first kappa shape index (κ1) is 10.8. The first-order valence-corrected chi connectivity index (χ1v) is 6.78. The molecule has 2 unspecified atom stereocenters. The maximum atomic E-state index is 6.23. The SMILES string of the molecule is NC(Cc1ccsc1)C1Cc2ccccc2O1. The molecule has 2 heterocycles. The fourth-order valence-corrected chi connectivity index (χ4v) is 2.94. The van der Waals surface area contributed by atoms with Crippen LogP contribution >= 0.6 is 11.3 Å². The molecule has 3 rings (SSSR count). The molecule has 0 fully saturated rings. The molecular weight excluding hydrogens is 230 g/mol. The van der Waals surface area contributed by atoms with E-state index in [0.717, 1.165) is 18.6 Å². The summed E-state index contributed by atoms with van der Waals surface area (Å²) in [6.07, 6.45) is 1.94. The van der Waals surface area contributed by atoms with Gasteiger partial charge in [0.15, 0.2) is 0 Å². The molecule has 1 aliphatic heterocycles. The smallest absolute Gasteiger partial charge is 0.123 e.